The van der Waals surface area contributed by atoms with Gasteiger partial charge in [0.1, 0.15) is 11.5 Å². The second-order valence-corrected chi connectivity index (χ2v) is 11.1. The predicted molar refractivity (Wildman–Crippen MR) is 146 cm³/mol. The first-order valence-corrected chi connectivity index (χ1v) is 13.0. The zero-order chi connectivity index (χ0) is 28.2. The first-order chi connectivity index (χ1) is 18.4. The Morgan fingerprint density at radius 1 is 1.15 bits per heavy atom. The van der Waals surface area contributed by atoms with Gasteiger partial charge in [0.05, 0.1) is 17.9 Å². The summed E-state index contributed by atoms with van der Waals surface area (Å²) < 4.78 is 42.8. The zero-order valence-corrected chi connectivity index (χ0v) is 23.0. The van der Waals surface area contributed by atoms with Crippen LogP contribution in [0.3, 0.4) is 0 Å². The second-order valence-electron chi connectivity index (χ2n) is 11.1. The van der Waals surface area contributed by atoms with Crippen LogP contribution in [-0.2, 0) is 23.0 Å². The zero-order valence-electron chi connectivity index (χ0n) is 23.0. The molecule has 1 atom stereocenters. The molecule has 8 heteroatoms. The van der Waals surface area contributed by atoms with Gasteiger partial charge in [0.2, 0.25) is 0 Å². The molecular weight excluding hydrogens is 502 g/mol. The van der Waals surface area contributed by atoms with Crippen molar-refractivity contribution in [1.29, 1.82) is 0 Å². The van der Waals surface area contributed by atoms with Gasteiger partial charge in [-0.2, -0.15) is 0 Å². The highest BCUT2D eigenvalue weighted by molar-refractivity contribution is 6.01. The molecule has 0 fully saturated rings. The number of hydrogen-bond donors (Lipinski definition) is 1. The number of benzene rings is 2. The fraction of sp³-hybridized carbons (Fsp3) is 0.355. The monoisotopic (exact) mass is 534 g/mol. The van der Waals surface area contributed by atoms with Gasteiger partial charge >= 0.3 is 5.97 Å². The number of pyridine rings is 1. The molecule has 0 saturated carbocycles. The number of fused-ring (bicyclic) bond motifs is 2. The molecule has 204 valence electrons. The van der Waals surface area contributed by atoms with Gasteiger partial charge in [-0.05, 0) is 101 Å². The third-order valence-electron chi connectivity index (χ3n) is 7.21. The van der Waals surface area contributed by atoms with Gasteiger partial charge in [-0.25, -0.2) is 18.6 Å². The number of ether oxygens (including phenoxy) is 2. The summed E-state index contributed by atoms with van der Waals surface area (Å²) in [5, 5.41) is 11.0. The van der Waals surface area contributed by atoms with Crippen molar-refractivity contribution < 1.29 is 28.2 Å². The van der Waals surface area contributed by atoms with Crippen LogP contribution in [-0.4, -0.2) is 32.8 Å². The number of aliphatic carboxylic acids is 1. The standard InChI is InChI=1S/C31H32F2N2O4/c1-16-20-8-7-13-38-27(20)23(33)14-21(16)26-22-15-24(18-9-11-19(32)12-10-18)35(6)29(22)34-17(2)25(26)28(30(36)37)39-31(3,4)5/h9-12,14-15,28H,7-8,13H2,1-6H3,(H,36,37)/t28-/m0/s1. The van der Waals surface area contributed by atoms with E-state index in [1.165, 1.54) is 18.2 Å². The molecule has 4 aromatic rings. The minimum atomic E-state index is -1.35. The molecule has 0 radical (unpaired) electrons. The average molecular weight is 535 g/mol. The summed E-state index contributed by atoms with van der Waals surface area (Å²) >= 11 is 0. The van der Waals surface area contributed by atoms with Crippen molar-refractivity contribution in [2.24, 2.45) is 7.05 Å². The Hall–Kier alpha value is -3.78. The lowest BCUT2D eigenvalue weighted by Gasteiger charge is -2.29. The molecule has 1 N–H and O–H groups in total. The molecule has 0 amide bonds. The van der Waals surface area contributed by atoms with Gasteiger partial charge in [0.15, 0.2) is 17.7 Å². The topological polar surface area (TPSA) is 73.6 Å². The van der Waals surface area contributed by atoms with E-state index in [2.05, 4.69) is 0 Å². The average Bonchev–Trinajstić information content (AvgIpc) is 3.20. The number of aromatic nitrogens is 2. The summed E-state index contributed by atoms with van der Waals surface area (Å²) in [5.74, 6) is -1.74. The maximum atomic E-state index is 15.5. The highest BCUT2D eigenvalue weighted by Gasteiger charge is 2.34. The lowest BCUT2D eigenvalue weighted by Crippen LogP contribution is -2.28. The van der Waals surface area contributed by atoms with Crippen molar-refractivity contribution in [3.8, 4) is 28.1 Å². The SMILES string of the molecule is Cc1nc2c(cc(-c3ccc(F)cc3)n2C)c(-c2cc(F)c3c(c2C)CCCO3)c1[C@H](OC(C)(C)C)C(=O)O. The highest BCUT2D eigenvalue weighted by atomic mass is 19.1. The number of rotatable bonds is 5. The molecule has 0 saturated heterocycles. The van der Waals surface area contributed by atoms with E-state index in [1.807, 2.05) is 24.6 Å². The van der Waals surface area contributed by atoms with E-state index < -0.39 is 23.5 Å². The lowest BCUT2D eigenvalue weighted by atomic mass is 9.86. The number of aryl methyl sites for hydroxylation is 2. The third-order valence-corrected chi connectivity index (χ3v) is 7.21. The van der Waals surface area contributed by atoms with Crippen LogP contribution < -0.4 is 4.74 Å². The van der Waals surface area contributed by atoms with Gasteiger partial charge < -0.3 is 19.1 Å². The number of carboxylic acid groups (broad SMARTS) is 1. The van der Waals surface area contributed by atoms with E-state index in [4.69, 9.17) is 14.5 Å². The second kappa shape index (κ2) is 9.75. The largest absolute Gasteiger partial charge is 0.490 e. The number of nitrogens with zero attached hydrogens (tertiary/aromatic N) is 2. The van der Waals surface area contributed by atoms with Crippen LogP contribution in [0.4, 0.5) is 8.78 Å². The molecule has 1 aliphatic rings. The van der Waals surface area contributed by atoms with Crippen molar-refractivity contribution in [2.45, 2.75) is 59.2 Å². The Morgan fingerprint density at radius 2 is 1.85 bits per heavy atom. The van der Waals surface area contributed by atoms with Crippen LogP contribution in [0.5, 0.6) is 5.75 Å². The van der Waals surface area contributed by atoms with Crippen LogP contribution in [0.2, 0.25) is 0 Å². The lowest BCUT2D eigenvalue weighted by molar-refractivity contribution is -0.160. The van der Waals surface area contributed by atoms with E-state index in [0.717, 1.165) is 28.8 Å². The first-order valence-electron chi connectivity index (χ1n) is 13.0. The number of carbonyl (C=O) groups is 1. The van der Waals surface area contributed by atoms with Crippen molar-refractivity contribution >= 4 is 17.0 Å². The Labute approximate surface area is 226 Å². The van der Waals surface area contributed by atoms with Crippen LogP contribution in [0.25, 0.3) is 33.4 Å². The van der Waals surface area contributed by atoms with Gasteiger partial charge in [-0.15, -0.1) is 0 Å². The van der Waals surface area contributed by atoms with Crippen molar-refractivity contribution in [1.82, 2.24) is 9.55 Å². The summed E-state index contributed by atoms with van der Waals surface area (Å²) in [7, 11) is 1.85. The summed E-state index contributed by atoms with van der Waals surface area (Å²) in [6, 6.07) is 9.47. The molecule has 0 bridgehead atoms. The summed E-state index contributed by atoms with van der Waals surface area (Å²) in [6.45, 7) is 9.49. The summed E-state index contributed by atoms with van der Waals surface area (Å²) in [4.78, 5) is 17.5. The highest BCUT2D eigenvalue weighted by Crippen LogP contribution is 2.45. The molecular formula is C31H32F2N2O4. The van der Waals surface area contributed by atoms with E-state index in [1.54, 1.807) is 39.8 Å². The van der Waals surface area contributed by atoms with Gasteiger partial charge in [0.25, 0.3) is 0 Å². The van der Waals surface area contributed by atoms with E-state index in [-0.39, 0.29) is 11.6 Å². The fourth-order valence-corrected chi connectivity index (χ4v) is 5.47. The van der Waals surface area contributed by atoms with Crippen molar-refractivity contribution in [3.63, 3.8) is 0 Å². The molecule has 6 nitrogen and oxygen atoms in total. The molecule has 39 heavy (non-hydrogen) atoms. The van der Waals surface area contributed by atoms with Crippen LogP contribution >= 0.6 is 0 Å². The van der Waals surface area contributed by atoms with Crippen molar-refractivity contribution in [3.05, 3.63) is 70.4 Å². The van der Waals surface area contributed by atoms with Crippen LogP contribution in [0, 0.1) is 25.5 Å². The minimum absolute atomic E-state index is 0.256. The Bertz CT molecular complexity index is 1600. The molecule has 2 aromatic heterocycles. The van der Waals surface area contributed by atoms with Crippen LogP contribution in [0.1, 0.15) is 55.7 Å². The van der Waals surface area contributed by atoms with Crippen molar-refractivity contribution in [2.75, 3.05) is 6.61 Å². The molecule has 0 aliphatic carbocycles. The van der Waals surface area contributed by atoms with Crippen LogP contribution in [0.15, 0.2) is 36.4 Å². The maximum absolute atomic E-state index is 15.5. The third kappa shape index (κ3) is 4.78. The Balaban J connectivity index is 1.90. The van der Waals surface area contributed by atoms with E-state index in [0.29, 0.717) is 46.4 Å². The normalized spacial score (nSPS) is 14.3. The maximum Gasteiger partial charge on any atom is 0.337 e. The molecule has 2 aromatic carbocycles. The summed E-state index contributed by atoms with van der Waals surface area (Å²) in [5.41, 5.74) is 4.93. The molecule has 5 rings (SSSR count). The number of hydrogen-bond acceptors (Lipinski definition) is 4. The predicted octanol–water partition coefficient (Wildman–Crippen LogP) is 7.07. The number of carboxylic acids is 1. The Morgan fingerprint density at radius 3 is 2.49 bits per heavy atom. The van der Waals surface area contributed by atoms with E-state index >= 15 is 4.39 Å². The molecule has 1 aliphatic heterocycles. The fourth-order valence-electron chi connectivity index (χ4n) is 5.47. The molecule has 3 heterocycles. The molecule has 0 spiro atoms. The van der Waals surface area contributed by atoms with Gasteiger partial charge in [-0.3, -0.25) is 0 Å². The van der Waals surface area contributed by atoms with Gasteiger partial charge in [-0.1, -0.05) is 0 Å². The summed E-state index contributed by atoms with van der Waals surface area (Å²) in [6.07, 6.45) is 0.0747. The smallest absolute Gasteiger partial charge is 0.337 e. The Kier molecular flexibility index (Phi) is 6.71. The molecule has 0 unspecified atom stereocenters. The van der Waals surface area contributed by atoms with Gasteiger partial charge in [0, 0.05) is 34.8 Å². The van der Waals surface area contributed by atoms with E-state index in [9.17, 15) is 14.3 Å². The number of halogens is 2. The minimum Gasteiger partial charge on any atom is -0.490 e. The first kappa shape index (κ1) is 26.8. The quantitative estimate of drug-likeness (QED) is 0.297.